The highest BCUT2D eigenvalue weighted by atomic mass is 79.9. The highest BCUT2D eigenvalue weighted by molar-refractivity contribution is 9.10. The number of likely N-dealkylation sites (tertiary alicyclic amines) is 1. The fourth-order valence-electron chi connectivity index (χ4n) is 3.07. The lowest BCUT2D eigenvalue weighted by atomic mass is 10.1. The van der Waals surface area contributed by atoms with Crippen LogP contribution in [0.15, 0.2) is 33.7 Å². The van der Waals surface area contributed by atoms with Gasteiger partial charge in [-0.05, 0) is 50.1 Å². The average Bonchev–Trinajstić information content (AvgIpc) is 2.66. The fraction of sp³-hybridized carbons (Fsp3) is 0.579. The number of amides is 1. The first kappa shape index (κ1) is 20.7. The Balaban J connectivity index is 1.64. The standard InChI is InChI=1S/C19H30BrN5O/c1-3-12-25-13-8-17(9-14-25)24-19(21-2)23-11-10-22-18(26)15-4-6-16(20)7-5-15/h4-7,17H,3,8-14H2,1-2H3,(H,22,26)(H2,21,23,24). The fourth-order valence-corrected chi connectivity index (χ4v) is 3.33. The number of carbonyl (C=O) groups is 1. The molecule has 0 atom stereocenters. The molecule has 144 valence electrons. The average molecular weight is 424 g/mol. The molecular formula is C19H30BrN5O. The van der Waals surface area contributed by atoms with E-state index in [1.165, 1.54) is 13.0 Å². The lowest BCUT2D eigenvalue weighted by Gasteiger charge is -2.32. The number of piperidine rings is 1. The first-order valence-corrected chi connectivity index (χ1v) is 10.1. The van der Waals surface area contributed by atoms with E-state index in [2.05, 4.69) is 48.7 Å². The molecule has 1 aliphatic heterocycles. The van der Waals surface area contributed by atoms with Gasteiger partial charge in [0.25, 0.3) is 5.91 Å². The molecule has 0 aromatic heterocycles. The van der Waals surface area contributed by atoms with Gasteiger partial charge in [0.1, 0.15) is 0 Å². The SMILES string of the molecule is CCCN1CCC(NC(=NC)NCCNC(=O)c2ccc(Br)cc2)CC1. The number of rotatable bonds is 7. The van der Waals surface area contributed by atoms with Crippen molar-refractivity contribution in [2.45, 2.75) is 32.2 Å². The summed E-state index contributed by atoms with van der Waals surface area (Å²) in [7, 11) is 1.78. The molecule has 26 heavy (non-hydrogen) atoms. The van der Waals surface area contributed by atoms with Crippen LogP contribution in [-0.2, 0) is 0 Å². The zero-order chi connectivity index (χ0) is 18.8. The number of nitrogens with one attached hydrogen (secondary N) is 3. The Morgan fingerprint density at radius 1 is 1.19 bits per heavy atom. The van der Waals surface area contributed by atoms with E-state index in [0.717, 1.165) is 36.4 Å². The van der Waals surface area contributed by atoms with E-state index in [-0.39, 0.29) is 5.91 Å². The number of benzene rings is 1. The van der Waals surface area contributed by atoms with Gasteiger partial charge in [-0.25, -0.2) is 0 Å². The van der Waals surface area contributed by atoms with Crippen molar-refractivity contribution in [2.75, 3.05) is 39.8 Å². The van der Waals surface area contributed by atoms with Gasteiger partial charge in [0, 0.05) is 49.3 Å². The predicted octanol–water partition coefficient (Wildman–Crippen LogP) is 2.22. The van der Waals surface area contributed by atoms with Gasteiger partial charge in [0.05, 0.1) is 0 Å². The zero-order valence-electron chi connectivity index (χ0n) is 15.7. The Morgan fingerprint density at radius 3 is 2.46 bits per heavy atom. The van der Waals surface area contributed by atoms with Crippen LogP contribution in [0, 0.1) is 0 Å². The number of halogens is 1. The highest BCUT2D eigenvalue weighted by Gasteiger charge is 2.19. The lowest BCUT2D eigenvalue weighted by molar-refractivity contribution is 0.0954. The third-order valence-electron chi connectivity index (χ3n) is 4.50. The van der Waals surface area contributed by atoms with Crippen LogP contribution in [0.25, 0.3) is 0 Å². The predicted molar refractivity (Wildman–Crippen MR) is 111 cm³/mol. The van der Waals surface area contributed by atoms with Gasteiger partial charge in [0.2, 0.25) is 0 Å². The molecule has 0 bridgehead atoms. The molecule has 0 aliphatic carbocycles. The molecule has 6 nitrogen and oxygen atoms in total. The van der Waals surface area contributed by atoms with Crippen LogP contribution in [0.1, 0.15) is 36.5 Å². The molecule has 1 fully saturated rings. The molecule has 1 aliphatic rings. The molecule has 7 heteroatoms. The van der Waals surface area contributed by atoms with Gasteiger partial charge in [-0.3, -0.25) is 9.79 Å². The second-order valence-electron chi connectivity index (χ2n) is 6.52. The van der Waals surface area contributed by atoms with Gasteiger partial charge in [-0.2, -0.15) is 0 Å². The largest absolute Gasteiger partial charge is 0.355 e. The Hall–Kier alpha value is -1.60. The third kappa shape index (κ3) is 6.96. The summed E-state index contributed by atoms with van der Waals surface area (Å²) in [5.74, 6) is 0.738. The maximum absolute atomic E-state index is 12.1. The lowest BCUT2D eigenvalue weighted by Crippen LogP contribution is -2.49. The van der Waals surface area contributed by atoms with Crippen LogP contribution in [0.2, 0.25) is 0 Å². The van der Waals surface area contributed by atoms with E-state index in [4.69, 9.17) is 0 Å². The van der Waals surface area contributed by atoms with E-state index in [1.54, 1.807) is 19.2 Å². The Kier molecular flexibility index (Phi) is 8.91. The molecule has 1 heterocycles. The summed E-state index contributed by atoms with van der Waals surface area (Å²) < 4.78 is 0.964. The molecule has 0 spiro atoms. The van der Waals surface area contributed by atoms with Crippen molar-refractivity contribution in [2.24, 2.45) is 4.99 Å². The van der Waals surface area contributed by atoms with E-state index in [9.17, 15) is 4.79 Å². The topological polar surface area (TPSA) is 68.8 Å². The number of hydrogen-bond donors (Lipinski definition) is 3. The zero-order valence-corrected chi connectivity index (χ0v) is 17.3. The van der Waals surface area contributed by atoms with Gasteiger partial charge in [0.15, 0.2) is 5.96 Å². The third-order valence-corrected chi connectivity index (χ3v) is 5.03. The van der Waals surface area contributed by atoms with Crippen LogP contribution in [0.4, 0.5) is 0 Å². The second kappa shape index (κ2) is 11.2. The molecule has 1 amide bonds. The normalized spacial score (nSPS) is 16.3. The number of guanidine groups is 1. The number of carbonyl (C=O) groups excluding carboxylic acids is 1. The minimum Gasteiger partial charge on any atom is -0.355 e. The van der Waals surface area contributed by atoms with Gasteiger partial charge in [-0.15, -0.1) is 0 Å². The summed E-state index contributed by atoms with van der Waals surface area (Å²) in [5, 5.41) is 9.68. The summed E-state index contributed by atoms with van der Waals surface area (Å²) in [6.45, 7) is 6.89. The maximum Gasteiger partial charge on any atom is 0.251 e. The first-order valence-electron chi connectivity index (χ1n) is 9.35. The highest BCUT2D eigenvalue weighted by Crippen LogP contribution is 2.11. The van der Waals surface area contributed by atoms with Crippen molar-refractivity contribution < 1.29 is 4.79 Å². The second-order valence-corrected chi connectivity index (χ2v) is 7.44. The van der Waals surface area contributed by atoms with Crippen molar-refractivity contribution in [3.05, 3.63) is 34.3 Å². The smallest absolute Gasteiger partial charge is 0.251 e. The number of hydrogen-bond acceptors (Lipinski definition) is 3. The van der Waals surface area contributed by atoms with Gasteiger partial charge >= 0.3 is 0 Å². The van der Waals surface area contributed by atoms with Crippen LogP contribution in [-0.4, -0.2) is 62.6 Å². The Morgan fingerprint density at radius 2 is 1.85 bits per heavy atom. The van der Waals surface area contributed by atoms with Gasteiger partial charge < -0.3 is 20.9 Å². The molecule has 1 saturated heterocycles. The summed E-state index contributed by atoms with van der Waals surface area (Å²) in [5.41, 5.74) is 0.662. The quantitative estimate of drug-likeness (QED) is 0.357. The van der Waals surface area contributed by atoms with E-state index >= 15 is 0 Å². The van der Waals surface area contributed by atoms with Crippen molar-refractivity contribution in [1.82, 2.24) is 20.9 Å². The minimum atomic E-state index is -0.0643. The molecule has 3 N–H and O–H groups in total. The van der Waals surface area contributed by atoms with E-state index in [0.29, 0.717) is 24.7 Å². The van der Waals surface area contributed by atoms with Crippen LogP contribution >= 0.6 is 15.9 Å². The Labute approximate surface area is 165 Å². The summed E-state index contributed by atoms with van der Waals surface area (Å²) in [4.78, 5) is 18.9. The molecule has 0 radical (unpaired) electrons. The van der Waals surface area contributed by atoms with Crippen molar-refractivity contribution in [3.63, 3.8) is 0 Å². The summed E-state index contributed by atoms with van der Waals surface area (Å²) in [6.07, 6.45) is 3.50. The molecule has 1 aromatic carbocycles. The van der Waals surface area contributed by atoms with Crippen LogP contribution < -0.4 is 16.0 Å². The number of nitrogens with zero attached hydrogens (tertiary/aromatic N) is 2. The van der Waals surface area contributed by atoms with Gasteiger partial charge in [-0.1, -0.05) is 22.9 Å². The number of aliphatic imine (C=N–C) groups is 1. The van der Waals surface area contributed by atoms with Crippen molar-refractivity contribution >= 4 is 27.8 Å². The van der Waals surface area contributed by atoms with Crippen molar-refractivity contribution in [3.8, 4) is 0 Å². The molecule has 0 saturated carbocycles. The first-order chi connectivity index (χ1) is 12.6. The van der Waals surface area contributed by atoms with E-state index < -0.39 is 0 Å². The molecule has 0 unspecified atom stereocenters. The Bertz CT molecular complexity index is 582. The van der Waals surface area contributed by atoms with E-state index in [1.807, 2.05) is 12.1 Å². The molecule has 2 rings (SSSR count). The summed E-state index contributed by atoms with van der Waals surface area (Å²) in [6, 6.07) is 7.80. The minimum absolute atomic E-state index is 0.0643. The maximum atomic E-state index is 12.1. The van der Waals surface area contributed by atoms with Crippen LogP contribution in [0.5, 0.6) is 0 Å². The van der Waals surface area contributed by atoms with Crippen molar-refractivity contribution in [1.29, 1.82) is 0 Å². The monoisotopic (exact) mass is 423 g/mol. The summed E-state index contributed by atoms with van der Waals surface area (Å²) >= 11 is 3.37. The van der Waals surface area contributed by atoms with Crippen LogP contribution in [0.3, 0.4) is 0 Å². The molecular weight excluding hydrogens is 394 g/mol. The molecule has 1 aromatic rings.